The summed E-state index contributed by atoms with van der Waals surface area (Å²) < 4.78 is 2.59. The summed E-state index contributed by atoms with van der Waals surface area (Å²) in [6.45, 7) is 0.0852. The molecule has 2 heterocycles. The third-order valence-electron chi connectivity index (χ3n) is 5.99. The van der Waals surface area contributed by atoms with Gasteiger partial charge in [0.1, 0.15) is 17.9 Å². The third-order valence-corrected chi connectivity index (χ3v) is 6.76. The number of carbonyl (C=O) groups excluding carboxylic acids is 3. The second-order valence-corrected chi connectivity index (χ2v) is 8.75. The van der Waals surface area contributed by atoms with Crippen LogP contribution in [0.25, 0.3) is 0 Å². The van der Waals surface area contributed by atoms with Crippen LogP contribution in [0.1, 0.15) is 23.1 Å². The van der Waals surface area contributed by atoms with Gasteiger partial charge in [-0.2, -0.15) is 5.10 Å². The van der Waals surface area contributed by atoms with E-state index in [4.69, 9.17) is 0 Å². The first kappa shape index (κ1) is 20.4. The lowest BCUT2D eigenvalue weighted by Gasteiger charge is -2.22. The molecular formula is C23H20BrN5O3. The first-order valence-electron chi connectivity index (χ1n) is 10.3. The van der Waals surface area contributed by atoms with Crippen molar-refractivity contribution in [3.63, 3.8) is 0 Å². The maximum Gasteiger partial charge on any atom is 0.325 e. The zero-order chi connectivity index (χ0) is 22.3. The first-order valence-corrected chi connectivity index (χ1v) is 11.0. The number of rotatable bonds is 5. The molecule has 0 saturated carbocycles. The molecule has 3 aromatic rings. The highest BCUT2D eigenvalue weighted by molar-refractivity contribution is 9.10. The Morgan fingerprint density at radius 3 is 2.75 bits per heavy atom. The van der Waals surface area contributed by atoms with Gasteiger partial charge >= 0.3 is 6.03 Å². The van der Waals surface area contributed by atoms with Crippen LogP contribution in [0.4, 0.5) is 10.6 Å². The molecule has 32 heavy (non-hydrogen) atoms. The minimum Gasteiger partial charge on any atom is -0.319 e. The molecule has 1 saturated heterocycles. The van der Waals surface area contributed by atoms with Gasteiger partial charge in [0.05, 0.1) is 12.7 Å². The SMILES string of the molecule is O=C(CN1C(=O)NC2(CCc3ccccc32)C1=O)Nc1ccnn1Cc1ccccc1Br. The fourth-order valence-electron chi connectivity index (χ4n) is 4.41. The molecule has 8 nitrogen and oxygen atoms in total. The van der Waals surface area contributed by atoms with Crippen LogP contribution in [-0.4, -0.2) is 39.1 Å². The second kappa shape index (κ2) is 7.90. The van der Waals surface area contributed by atoms with E-state index in [1.54, 1.807) is 16.9 Å². The van der Waals surface area contributed by atoms with Gasteiger partial charge in [0.2, 0.25) is 5.91 Å². The zero-order valence-corrected chi connectivity index (χ0v) is 18.6. The Kier molecular flexibility index (Phi) is 5.05. The molecule has 1 unspecified atom stereocenters. The summed E-state index contributed by atoms with van der Waals surface area (Å²) in [4.78, 5) is 39.6. The van der Waals surface area contributed by atoms with Crippen molar-refractivity contribution in [3.05, 3.63) is 82.0 Å². The number of aromatic nitrogens is 2. The van der Waals surface area contributed by atoms with Crippen LogP contribution in [-0.2, 0) is 28.1 Å². The van der Waals surface area contributed by atoms with E-state index in [-0.39, 0.29) is 12.5 Å². The molecule has 0 bridgehead atoms. The van der Waals surface area contributed by atoms with Crippen molar-refractivity contribution in [2.75, 3.05) is 11.9 Å². The summed E-state index contributed by atoms with van der Waals surface area (Å²) in [5.74, 6) is -0.367. The summed E-state index contributed by atoms with van der Waals surface area (Å²) in [7, 11) is 0. The fourth-order valence-corrected chi connectivity index (χ4v) is 4.82. The number of aryl methyl sites for hydroxylation is 1. The lowest BCUT2D eigenvalue weighted by molar-refractivity contribution is -0.134. The Balaban J connectivity index is 1.30. The standard InChI is InChI=1S/C23H20BrN5O3/c24-18-8-4-2-6-16(18)13-29-19(10-12-25-29)26-20(30)14-28-21(31)23(27-22(28)32)11-9-15-5-1-3-7-17(15)23/h1-8,10,12H,9,11,13-14H2,(H,26,30)(H,27,32). The topological polar surface area (TPSA) is 96.3 Å². The van der Waals surface area contributed by atoms with Crippen LogP contribution in [0.3, 0.4) is 0 Å². The van der Waals surface area contributed by atoms with Gasteiger partial charge in [0, 0.05) is 10.5 Å². The second-order valence-electron chi connectivity index (χ2n) is 7.90. The van der Waals surface area contributed by atoms with Gasteiger partial charge in [-0.05, 0) is 35.6 Å². The number of anilines is 1. The average Bonchev–Trinajstić information content (AvgIpc) is 3.44. The number of halogens is 1. The van der Waals surface area contributed by atoms with Gasteiger partial charge < -0.3 is 10.6 Å². The molecular weight excluding hydrogens is 474 g/mol. The van der Waals surface area contributed by atoms with E-state index in [0.29, 0.717) is 25.2 Å². The van der Waals surface area contributed by atoms with Crippen LogP contribution in [0.2, 0.25) is 0 Å². The summed E-state index contributed by atoms with van der Waals surface area (Å²) in [5, 5.41) is 9.87. The molecule has 9 heteroatoms. The minimum atomic E-state index is -1.07. The van der Waals surface area contributed by atoms with E-state index in [1.807, 2.05) is 48.5 Å². The molecule has 2 aromatic carbocycles. The van der Waals surface area contributed by atoms with Crippen molar-refractivity contribution in [1.29, 1.82) is 0 Å². The van der Waals surface area contributed by atoms with Gasteiger partial charge in [0.25, 0.3) is 5.91 Å². The smallest absolute Gasteiger partial charge is 0.319 e. The Morgan fingerprint density at radius 2 is 1.91 bits per heavy atom. The van der Waals surface area contributed by atoms with Gasteiger partial charge in [-0.25, -0.2) is 9.48 Å². The Hall–Kier alpha value is -3.46. The molecule has 2 N–H and O–H groups in total. The van der Waals surface area contributed by atoms with Crippen molar-refractivity contribution in [2.45, 2.75) is 24.9 Å². The van der Waals surface area contributed by atoms with E-state index < -0.39 is 17.5 Å². The van der Waals surface area contributed by atoms with Crippen molar-refractivity contribution < 1.29 is 14.4 Å². The zero-order valence-electron chi connectivity index (χ0n) is 17.0. The number of amides is 4. The number of benzene rings is 2. The van der Waals surface area contributed by atoms with Crippen LogP contribution >= 0.6 is 15.9 Å². The highest BCUT2D eigenvalue weighted by atomic mass is 79.9. The van der Waals surface area contributed by atoms with Gasteiger partial charge in [0.15, 0.2) is 0 Å². The average molecular weight is 494 g/mol. The Labute approximate surface area is 192 Å². The molecule has 2 aliphatic rings. The number of hydrogen-bond donors (Lipinski definition) is 2. The van der Waals surface area contributed by atoms with Gasteiger partial charge in [-0.15, -0.1) is 0 Å². The molecule has 1 aliphatic heterocycles. The predicted molar refractivity (Wildman–Crippen MR) is 121 cm³/mol. The third kappa shape index (κ3) is 3.38. The van der Waals surface area contributed by atoms with Crippen molar-refractivity contribution in [3.8, 4) is 0 Å². The molecule has 1 fully saturated rings. The van der Waals surface area contributed by atoms with Crippen LogP contribution in [0, 0.1) is 0 Å². The molecule has 1 aliphatic carbocycles. The number of urea groups is 1. The molecule has 1 atom stereocenters. The minimum absolute atomic E-state index is 0.366. The lowest BCUT2D eigenvalue weighted by Crippen LogP contribution is -2.43. The molecule has 0 radical (unpaired) electrons. The predicted octanol–water partition coefficient (Wildman–Crippen LogP) is 3.03. The number of fused-ring (bicyclic) bond motifs is 2. The number of nitrogens with zero attached hydrogens (tertiary/aromatic N) is 3. The van der Waals surface area contributed by atoms with E-state index in [0.717, 1.165) is 26.1 Å². The lowest BCUT2D eigenvalue weighted by atomic mass is 9.92. The van der Waals surface area contributed by atoms with Crippen LogP contribution in [0.5, 0.6) is 0 Å². The van der Waals surface area contributed by atoms with Crippen molar-refractivity contribution in [1.82, 2.24) is 20.0 Å². The normalized spacial score (nSPS) is 19.3. The van der Waals surface area contributed by atoms with Crippen molar-refractivity contribution >= 4 is 39.6 Å². The number of carbonyl (C=O) groups is 3. The summed E-state index contributed by atoms with van der Waals surface area (Å²) >= 11 is 3.51. The fraction of sp³-hybridized carbons (Fsp3) is 0.217. The molecule has 5 rings (SSSR count). The van der Waals surface area contributed by atoms with Crippen molar-refractivity contribution in [2.24, 2.45) is 0 Å². The van der Waals surface area contributed by atoms with Gasteiger partial charge in [-0.3, -0.25) is 14.5 Å². The first-order chi connectivity index (χ1) is 15.5. The molecule has 1 aromatic heterocycles. The largest absolute Gasteiger partial charge is 0.325 e. The summed E-state index contributed by atoms with van der Waals surface area (Å²) in [6.07, 6.45) is 2.79. The van der Waals surface area contributed by atoms with E-state index in [2.05, 4.69) is 31.7 Å². The summed E-state index contributed by atoms with van der Waals surface area (Å²) in [6, 6.07) is 16.5. The highest BCUT2D eigenvalue weighted by Gasteiger charge is 2.55. The van der Waals surface area contributed by atoms with E-state index >= 15 is 0 Å². The maximum atomic E-state index is 13.2. The molecule has 4 amide bonds. The van der Waals surface area contributed by atoms with Gasteiger partial charge in [-0.1, -0.05) is 58.4 Å². The Morgan fingerprint density at radius 1 is 1.12 bits per heavy atom. The maximum absolute atomic E-state index is 13.2. The molecule has 162 valence electrons. The highest BCUT2D eigenvalue weighted by Crippen LogP contribution is 2.41. The number of hydrogen-bond acceptors (Lipinski definition) is 4. The number of nitrogens with one attached hydrogen (secondary N) is 2. The molecule has 1 spiro atoms. The number of imide groups is 1. The van der Waals surface area contributed by atoms with Crippen LogP contribution in [0.15, 0.2) is 65.3 Å². The van der Waals surface area contributed by atoms with E-state index in [9.17, 15) is 14.4 Å². The van der Waals surface area contributed by atoms with E-state index in [1.165, 1.54) is 0 Å². The monoisotopic (exact) mass is 493 g/mol. The Bertz CT molecular complexity index is 1240. The summed E-state index contributed by atoms with van der Waals surface area (Å²) in [5.41, 5.74) is 1.79. The van der Waals surface area contributed by atoms with Crippen LogP contribution < -0.4 is 10.6 Å². The quantitative estimate of drug-likeness (QED) is 0.533.